The third kappa shape index (κ3) is 4.60. The van der Waals surface area contributed by atoms with E-state index in [1.807, 2.05) is 13.0 Å². The molecule has 0 saturated carbocycles. The van der Waals surface area contributed by atoms with Crippen LogP contribution in [0, 0.1) is 11.6 Å². The lowest BCUT2D eigenvalue weighted by Crippen LogP contribution is -2.06. The highest BCUT2D eigenvalue weighted by molar-refractivity contribution is 7.15. The second-order valence-corrected chi connectivity index (χ2v) is 5.53. The van der Waals surface area contributed by atoms with E-state index in [-0.39, 0.29) is 5.91 Å². The molecule has 0 unspecified atom stereocenters. The Kier molecular flexibility index (Phi) is 5.55. The van der Waals surface area contributed by atoms with Gasteiger partial charge in [0, 0.05) is 29.6 Å². The molecule has 1 heterocycles. The molecule has 2 rings (SSSR count). The molecule has 22 heavy (non-hydrogen) atoms. The van der Waals surface area contributed by atoms with Crippen LogP contribution >= 0.6 is 11.3 Å². The van der Waals surface area contributed by atoms with Gasteiger partial charge in [-0.1, -0.05) is 24.3 Å². The van der Waals surface area contributed by atoms with Crippen LogP contribution in [0.3, 0.4) is 0 Å². The number of thiazole rings is 1. The van der Waals surface area contributed by atoms with Crippen LogP contribution < -0.4 is 5.32 Å². The summed E-state index contributed by atoms with van der Waals surface area (Å²) in [5.41, 5.74) is 0.385. The molecule has 1 aromatic carbocycles. The van der Waals surface area contributed by atoms with E-state index in [1.165, 1.54) is 29.5 Å². The molecule has 0 fully saturated rings. The molecule has 1 amide bonds. The highest BCUT2D eigenvalue weighted by Gasteiger charge is 2.09. The molecule has 0 spiro atoms. The Morgan fingerprint density at radius 2 is 2.18 bits per heavy atom. The van der Waals surface area contributed by atoms with Crippen LogP contribution in [0.4, 0.5) is 13.9 Å². The summed E-state index contributed by atoms with van der Waals surface area (Å²) in [4.78, 5) is 16.4. The topological polar surface area (TPSA) is 42.0 Å². The van der Waals surface area contributed by atoms with E-state index in [1.54, 1.807) is 18.3 Å². The first kappa shape index (κ1) is 16.0. The van der Waals surface area contributed by atoms with E-state index < -0.39 is 11.6 Å². The molecule has 3 nitrogen and oxygen atoms in total. The van der Waals surface area contributed by atoms with Crippen LogP contribution in [0.1, 0.15) is 17.4 Å². The normalized spacial score (nSPS) is 11.4. The van der Waals surface area contributed by atoms with Crippen molar-refractivity contribution in [2.24, 2.45) is 0 Å². The van der Waals surface area contributed by atoms with E-state index in [4.69, 9.17) is 0 Å². The van der Waals surface area contributed by atoms with E-state index in [0.29, 0.717) is 17.1 Å². The van der Waals surface area contributed by atoms with Gasteiger partial charge in [0.05, 0.1) is 0 Å². The quantitative estimate of drug-likeness (QED) is 0.666. The number of nitrogens with one attached hydrogen (secondary N) is 1. The van der Waals surface area contributed by atoms with Crippen LogP contribution in [-0.4, -0.2) is 10.9 Å². The van der Waals surface area contributed by atoms with Gasteiger partial charge < -0.3 is 0 Å². The number of carbonyl (C=O) groups is 1. The highest BCUT2D eigenvalue weighted by atomic mass is 32.1. The fraction of sp³-hybridized carbons (Fsp3) is 0.125. The number of hydrogen-bond donors (Lipinski definition) is 1. The molecule has 0 atom stereocenters. The van der Waals surface area contributed by atoms with Gasteiger partial charge in [-0.25, -0.2) is 13.8 Å². The van der Waals surface area contributed by atoms with Crippen LogP contribution in [0.15, 0.2) is 48.7 Å². The highest BCUT2D eigenvalue weighted by Crippen LogP contribution is 2.22. The Balaban J connectivity index is 2.01. The summed E-state index contributed by atoms with van der Waals surface area (Å²) in [5, 5.41) is 3.06. The molecule has 114 valence electrons. The zero-order valence-corrected chi connectivity index (χ0v) is 12.7. The zero-order chi connectivity index (χ0) is 15.9. The summed E-state index contributed by atoms with van der Waals surface area (Å²) in [7, 11) is 0. The molecule has 0 aliphatic rings. The van der Waals surface area contributed by atoms with Crippen molar-refractivity contribution in [3.8, 4) is 0 Å². The number of amides is 1. The maximum absolute atomic E-state index is 13.6. The van der Waals surface area contributed by atoms with E-state index >= 15 is 0 Å². The van der Waals surface area contributed by atoms with E-state index in [0.717, 1.165) is 10.9 Å². The predicted octanol–water partition coefficient (Wildman–Crippen LogP) is 4.08. The minimum atomic E-state index is -0.605. The van der Waals surface area contributed by atoms with Crippen LogP contribution in [0.2, 0.25) is 0 Å². The Hall–Kier alpha value is -2.34. The SMILES string of the molecule is CC=CC=CC(=O)Nc1ncc(Cc2ccc(F)cc2F)s1. The van der Waals surface area contributed by atoms with Gasteiger partial charge in [0.1, 0.15) is 11.6 Å². The molecule has 0 aliphatic carbocycles. The van der Waals surface area contributed by atoms with Gasteiger partial charge >= 0.3 is 0 Å². The standard InChI is InChI=1S/C16H14F2N2OS/c1-2-3-4-5-15(21)20-16-19-10-13(22-16)8-11-6-7-12(17)9-14(11)18/h2-7,9-10H,8H2,1H3,(H,19,20,21). The summed E-state index contributed by atoms with van der Waals surface area (Å²) in [6.45, 7) is 1.85. The van der Waals surface area contributed by atoms with Crippen molar-refractivity contribution in [1.82, 2.24) is 4.98 Å². The van der Waals surface area contributed by atoms with Crippen LogP contribution in [0.25, 0.3) is 0 Å². The minimum absolute atomic E-state index is 0.285. The van der Waals surface area contributed by atoms with Gasteiger partial charge in [0.2, 0.25) is 5.91 Å². The minimum Gasteiger partial charge on any atom is -0.298 e. The number of aromatic nitrogens is 1. The Morgan fingerprint density at radius 3 is 2.91 bits per heavy atom. The van der Waals surface area contributed by atoms with E-state index in [2.05, 4.69) is 10.3 Å². The predicted molar refractivity (Wildman–Crippen MR) is 83.9 cm³/mol. The molecule has 2 aromatic rings. The summed E-state index contributed by atoms with van der Waals surface area (Å²) in [6.07, 6.45) is 8.43. The lowest BCUT2D eigenvalue weighted by atomic mass is 10.1. The van der Waals surface area contributed by atoms with Crippen molar-refractivity contribution in [2.45, 2.75) is 13.3 Å². The monoisotopic (exact) mass is 320 g/mol. The van der Waals surface area contributed by atoms with Gasteiger partial charge in [-0.2, -0.15) is 0 Å². The van der Waals surface area contributed by atoms with Crippen molar-refractivity contribution >= 4 is 22.4 Å². The number of halogens is 2. The summed E-state index contributed by atoms with van der Waals surface area (Å²) in [5.74, 6) is -1.48. The molecule has 1 aromatic heterocycles. The number of rotatable bonds is 5. The Labute approximate surface area is 131 Å². The van der Waals surface area contributed by atoms with Crippen molar-refractivity contribution in [3.05, 3.63) is 70.8 Å². The average molecular weight is 320 g/mol. The molecule has 6 heteroatoms. The van der Waals surface area contributed by atoms with Crippen molar-refractivity contribution in [1.29, 1.82) is 0 Å². The lowest BCUT2D eigenvalue weighted by molar-refractivity contribution is -0.111. The zero-order valence-electron chi connectivity index (χ0n) is 11.8. The van der Waals surface area contributed by atoms with Crippen molar-refractivity contribution in [2.75, 3.05) is 5.32 Å². The number of hydrogen-bond acceptors (Lipinski definition) is 3. The second-order valence-electron chi connectivity index (χ2n) is 4.42. The number of nitrogens with zero attached hydrogens (tertiary/aromatic N) is 1. The Bertz CT molecular complexity index is 723. The van der Waals surface area contributed by atoms with Gasteiger partial charge in [-0.15, -0.1) is 11.3 Å². The first-order valence-corrected chi connectivity index (χ1v) is 7.39. The van der Waals surface area contributed by atoms with Crippen molar-refractivity contribution in [3.63, 3.8) is 0 Å². The molecule has 1 N–H and O–H groups in total. The third-order valence-electron chi connectivity index (χ3n) is 2.71. The maximum Gasteiger partial charge on any atom is 0.250 e. The number of carbonyl (C=O) groups excluding carboxylic acids is 1. The molecule has 0 radical (unpaired) electrons. The average Bonchev–Trinajstić information content (AvgIpc) is 2.89. The van der Waals surface area contributed by atoms with Gasteiger partial charge in [-0.3, -0.25) is 10.1 Å². The molecule has 0 aliphatic heterocycles. The largest absolute Gasteiger partial charge is 0.298 e. The lowest BCUT2D eigenvalue weighted by Gasteiger charge is -2.00. The number of allylic oxidation sites excluding steroid dienone is 3. The summed E-state index contributed by atoms with van der Waals surface area (Å²) >= 11 is 1.25. The molecule has 0 saturated heterocycles. The van der Waals surface area contributed by atoms with Gasteiger partial charge in [0.15, 0.2) is 5.13 Å². The fourth-order valence-electron chi connectivity index (χ4n) is 1.70. The molecular weight excluding hydrogens is 306 g/mol. The van der Waals surface area contributed by atoms with Gasteiger partial charge in [0.25, 0.3) is 0 Å². The third-order valence-corrected chi connectivity index (χ3v) is 3.63. The second kappa shape index (κ2) is 7.61. The summed E-state index contributed by atoms with van der Waals surface area (Å²) in [6, 6.07) is 3.47. The maximum atomic E-state index is 13.6. The number of anilines is 1. The first-order valence-electron chi connectivity index (χ1n) is 6.57. The fourth-order valence-corrected chi connectivity index (χ4v) is 2.54. The summed E-state index contributed by atoms with van der Waals surface area (Å²) < 4.78 is 26.4. The number of benzene rings is 1. The van der Waals surface area contributed by atoms with Crippen LogP contribution in [0.5, 0.6) is 0 Å². The van der Waals surface area contributed by atoms with Crippen LogP contribution in [-0.2, 0) is 11.2 Å². The van der Waals surface area contributed by atoms with Crippen molar-refractivity contribution < 1.29 is 13.6 Å². The smallest absolute Gasteiger partial charge is 0.250 e. The van der Waals surface area contributed by atoms with E-state index in [9.17, 15) is 13.6 Å². The molecule has 0 bridgehead atoms. The first-order chi connectivity index (χ1) is 10.6. The Morgan fingerprint density at radius 1 is 1.36 bits per heavy atom. The molecular formula is C16H14F2N2OS. The van der Waals surface area contributed by atoms with Gasteiger partial charge in [-0.05, 0) is 18.6 Å².